The van der Waals surface area contributed by atoms with E-state index in [1.807, 2.05) is 0 Å². The zero-order valence-corrected chi connectivity index (χ0v) is 15.6. The van der Waals surface area contributed by atoms with Crippen molar-refractivity contribution in [2.75, 3.05) is 27.4 Å². The van der Waals surface area contributed by atoms with Gasteiger partial charge in [0.25, 0.3) is 11.7 Å². The first kappa shape index (κ1) is 19.4. The molecule has 0 bridgehead atoms. The van der Waals surface area contributed by atoms with Crippen LogP contribution in [-0.2, 0) is 14.3 Å². The number of phenolic OH excluding ortho intramolecular Hbond substituents is 1. The number of ketones is 1. The largest absolute Gasteiger partial charge is 0.508 e. The van der Waals surface area contributed by atoms with Crippen LogP contribution >= 0.6 is 0 Å². The first-order chi connectivity index (χ1) is 13.5. The number of amides is 1. The van der Waals surface area contributed by atoms with Crippen molar-refractivity contribution in [3.05, 3.63) is 65.2 Å². The summed E-state index contributed by atoms with van der Waals surface area (Å²) in [7, 11) is 3.00. The zero-order valence-electron chi connectivity index (χ0n) is 15.6. The summed E-state index contributed by atoms with van der Waals surface area (Å²) >= 11 is 0. The van der Waals surface area contributed by atoms with Gasteiger partial charge in [0, 0.05) is 19.2 Å². The van der Waals surface area contributed by atoms with Crippen molar-refractivity contribution in [2.45, 2.75) is 6.04 Å². The number of rotatable bonds is 6. The summed E-state index contributed by atoms with van der Waals surface area (Å²) in [5, 5.41) is 20.5. The van der Waals surface area contributed by atoms with E-state index in [1.54, 1.807) is 36.4 Å². The van der Waals surface area contributed by atoms with E-state index < -0.39 is 17.7 Å². The van der Waals surface area contributed by atoms with Gasteiger partial charge in [0.1, 0.15) is 17.3 Å². The minimum Gasteiger partial charge on any atom is -0.508 e. The van der Waals surface area contributed by atoms with Crippen molar-refractivity contribution >= 4 is 17.4 Å². The second-order valence-corrected chi connectivity index (χ2v) is 6.31. The average molecular weight is 383 g/mol. The number of aliphatic hydroxyl groups excluding tert-OH is 1. The molecule has 1 saturated heterocycles. The maximum absolute atomic E-state index is 12.8. The molecule has 1 unspecified atom stereocenters. The van der Waals surface area contributed by atoms with Crippen molar-refractivity contribution in [3.8, 4) is 11.5 Å². The number of benzene rings is 2. The third kappa shape index (κ3) is 3.57. The Hall–Kier alpha value is -3.32. The molecular weight excluding hydrogens is 362 g/mol. The zero-order chi connectivity index (χ0) is 20.3. The molecule has 1 amide bonds. The molecule has 1 fully saturated rings. The lowest BCUT2D eigenvalue weighted by molar-refractivity contribution is -0.140. The van der Waals surface area contributed by atoms with Gasteiger partial charge >= 0.3 is 0 Å². The van der Waals surface area contributed by atoms with Gasteiger partial charge in [-0.1, -0.05) is 24.3 Å². The van der Waals surface area contributed by atoms with E-state index in [1.165, 1.54) is 31.3 Å². The minimum absolute atomic E-state index is 0.0138. The van der Waals surface area contributed by atoms with Crippen molar-refractivity contribution in [3.63, 3.8) is 0 Å². The van der Waals surface area contributed by atoms with E-state index >= 15 is 0 Å². The Kier molecular flexibility index (Phi) is 5.65. The molecule has 0 aromatic heterocycles. The number of Topliss-reactive ketones (excluding diaryl/α,β-unsaturated/α-hetero) is 1. The van der Waals surface area contributed by atoms with Crippen LogP contribution in [0.1, 0.15) is 17.2 Å². The average Bonchev–Trinajstić information content (AvgIpc) is 2.97. The van der Waals surface area contributed by atoms with Gasteiger partial charge in [0.05, 0.1) is 25.3 Å². The standard InChI is InChI=1S/C21H21NO6/c1-27-11-10-22-18(13-6-8-15(23)9-7-13)17(20(25)21(22)26)19(24)14-4-3-5-16(12-14)28-2/h3-9,12,18,23-24H,10-11H2,1-2H3/b19-17-. The smallest absolute Gasteiger partial charge is 0.295 e. The normalized spacial score (nSPS) is 18.5. The lowest BCUT2D eigenvalue weighted by atomic mass is 9.95. The Bertz CT molecular complexity index is 919. The highest BCUT2D eigenvalue weighted by atomic mass is 16.5. The number of methoxy groups -OCH3 is 2. The molecule has 0 aliphatic carbocycles. The topological polar surface area (TPSA) is 96.3 Å². The summed E-state index contributed by atoms with van der Waals surface area (Å²) < 4.78 is 10.2. The Balaban J connectivity index is 2.15. The van der Waals surface area contributed by atoms with Crippen LogP contribution in [0, 0.1) is 0 Å². The Morgan fingerprint density at radius 2 is 1.82 bits per heavy atom. The van der Waals surface area contributed by atoms with Crippen LogP contribution in [-0.4, -0.2) is 54.2 Å². The highest BCUT2D eigenvalue weighted by Crippen LogP contribution is 2.39. The van der Waals surface area contributed by atoms with Crippen LogP contribution in [0.25, 0.3) is 5.76 Å². The molecule has 1 heterocycles. The molecule has 146 valence electrons. The van der Waals surface area contributed by atoms with Crippen LogP contribution in [0.15, 0.2) is 54.1 Å². The minimum atomic E-state index is -0.790. The highest BCUT2D eigenvalue weighted by molar-refractivity contribution is 6.46. The quantitative estimate of drug-likeness (QED) is 0.452. The van der Waals surface area contributed by atoms with Gasteiger partial charge in [-0.15, -0.1) is 0 Å². The van der Waals surface area contributed by atoms with E-state index in [0.717, 1.165) is 0 Å². The van der Waals surface area contributed by atoms with E-state index in [2.05, 4.69) is 0 Å². The number of aliphatic hydroxyl groups is 1. The lowest BCUT2D eigenvalue weighted by Gasteiger charge is -2.25. The molecule has 0 saturated carbocycles. The number of hydrogen-bond acceptors (Lipinski definition) is 6. The van der Waals surface area contributed by atoms with Gasteiger partial charge in [-0.3, -0.25) is 9.59 Å². The third-order valence-corrected chi connectivity index (χ3v) is 4.63. The molecule has 28 heavy (non-hydrogen) atoms. The number of hydrogen-bond donors (Lipinski definition) is 2. The first-order valence-corrected chi connectivity index (χ1v) is 8.68. The van der Waals surface area contributed by atoms with E-state index in [4.69, 9.17) is 9.47 Å². The maximum atomic E-state index is 12.8. The number of nitrogens with zero attached hydrogens (tertiary/aromatic N) is 1. The van der Waals surface area contributed by atoms with E-state index in [9.17, 15) is 19.8 Å². The van der Waals surface area contributed by atoms with E-state index in [0.29, 0.717) is 16.9 Å². The summed E-state index contributed by atoms with van der Waals surface area (Å²) in [6, 6.07) is 12.0. The summed E-state index contributed by atoms with van der Waals surface area (Å²) in [6.07, 6.45) is 0. The van der Waals surface area contributed by atoms with Crippen molar-refractivity contribution in [1.29, 1.82) is 0 Å². The monoisotopic (exact) mass is 383 g/mol. The van der Waals surface area contributed by atoms with Gasteiger partial charge in [-0.2, -0.15) is 0 Å². The molecule has 7 heteroatoms. The number of carbonyl (C=O) groups is 2. The second-order valence-electron chi connectivity index (χ2n) is 6.31. The lowest BCUT2D eigenvalue weighted by Crippen LogP contribution is -2.32. The molecule has 0 spiro atoms. The molecule has 1 aliphatic heterocycles. The molecule has 7 nitrogen and oxygen atoms in total. The van der Waals surface area contributed by atoms with Gasteiger partial charge in [0.2, 0.25) is 0 Å². The predicted molar refractivity (Wildman–Crippen MR) is 102 cm³/mol. The van der Waals surface area contributed by atoms with Crippen molar-refractivity contribution in [2.24, 2.45) is 0 Å². The van der Waals surface area contributed by atoms with Gasteiger partial charge in [-0.05, 0) is 29.8 Å². The van der Waals surface area contributed by atoms with Gasteiger partial charge in [0.15, 0.2) is 0 Å². The number of ether oxygens (including phenoxy) is 2. The van der Waals surface area contributed by atoms with Gasteiger partial charge in [-0.25, -0.2) is 0 Å². The Labute approximate surface area is 162 Å². The third-order valence-electron chi connectivity index (χ3n) is 4.63. The Morgan fingerprint density at radius 3 is 2.46 bits per heavy atom. The van der Waals surface area contributed by atoms with Crippen LogP contribution in [0.2, 0.25) is 0 Å². The molecule has 3 rings (SSSR count). The molecule has 2 aromatic rings. The number of carbonyl (C=O) groups excluding carboxylic acids is 2. The fourth-order valence-electron chi connectivity index (χ4n) is 3.23. The molecule has 2 aromatic carbocycles. The van der Waals surface area contributed by atoms with E-state index in [-0.39, 0.29) is 30.2 Å². The Morgan fingerprint density at radius 1 is 1.11 bits per heavy atom. The van der Waals surface area contributed by atoms with Crippen LogP contribution in [0.5, 0.6) is 11.5 Å². The maximum Gasteiger partial charge on any atom is 0.295 e. The number of aromatic hydroxyl groups is 1. The van der Waals surface area contributed by atoms with Crippen molar-refractivity contribution in [1.82, 2.24) is 4.90 Å². The van der Waals surface area contributed by atoms with Crippen LogP contribution in [0.4, 0.5) is 0 Å². The summed E-state index contributed by atoms with van der Waals surface area (Å²) in [5.74, 6) is -1.19. The number of phenols is 1. The van der Waals surface area contributed by atoms with Crippen molar-refractivity contribution < 1.29 is 29.3 Å². The fraction of sp³-hybridized carbons (Fsp3) is 0.238. The number of likely N-dealkylation sites (tertiary alicyclic amines) is 1. The second kappa shape index (κ2) is 8.14. The molecule has 1 aliphatic rings. The highest BCUT2D eigenvalue weighted by Gasteiger charge is 2.45. The summed E-state index contributed by atoms with van der Waals surface area (Å²) in [6.45, 7) is 0.419. The molecule has 1 atom stereocenters. The van der Waals surface area contributed by atoms with Crippen LogP contribution in [0.3, 0.4) is 0 Å². The van der Waals surface area contributed by atoms with Crippen LogP contribution < -0.4 is 4.74 Å². The summed E-state index contributed by atoms with van der Waals surface area (Å²) in [4.78, 5) is 26.8. The predicted octanol–water partition coefficient (Wildman–Crippen LogP) is 2.47. The molecule has 0 radical (unpaired) electrons. The summed E-state index contributed by atoms with van der Waals surface area (Å²) in [5.41, 5.74) is 0.950. The molecular formula is C21H21NO6. The molecule has 2 N–H and O–H groups in total. The van der Waals surface area contributed by atoms with Gasteiger partial charge < -0.3 is 24.6 Å². The fourth-order valence-corrected chi connectivity index (χ4v) is 3.23. The first-order valence-electron chi connectivity index (χ1n) is 8.68. The SMILES string of the molecule is COCCN1C(=O)C(=O)/C(=C(\O)c2cccc(OC)c2)C1c1ccc(O)cc1.